The van der Waals surface area contributed by atoms with Crippen molar-refractivity contribution in [3.05, 3.63) is 63.1 Å². The van der Waals surface area contributed by atoms with Crippen LogP contribution in [0.4, 0.5) is 10.5 Å². The summed E-state index contributed by atoms with van der Waals surface area (Å²) in [5.41, 5.74) is 0.459. The minimum absolute atomic E-state index is 0.00144. The first-order valence-electron chi connectivity index (χ1n) is 7.93. The van der Waals surface area contributed by atoms with Crippen molar-refractivity contribution in [2.45, 2.75) is 0 Å². The number of nitrogens with zero attached hydrogens (tertiary/aromatic N) is 1. The zero-order valence-electron chi connectivity index (χ0n) is 14.2. The summed E-state index contributed by atoms with van der Waals surface area (Å²) in [6.07, 6.45) is 6.52. The van der Waals surface area contributed by atoms with Crippen LogP contribution in [0.2, 0.25) is 5.02 Å². The third kappa shape index (κ3) is 4.09. The fraction of sp³-hybridized carbons (Fsp3) is 0.0500. The van der Waals surface area contributed by atoms with Crippen LogP contribution >= 0.6 is 27.5 Å². The molecule has 2 aromatic rings. The normalized spacial score (nSPS) is 15.4. The van der Waals surface area contributed by atoms with Crippen molar-refractivity contribution in [1.82, 2.24) is 5.32 Å². The topological polar surface area (TPSA) is 75.7 Å². The molecule has 1 saturated heterocycles. The standard InChI is InChI=1S/C20H12BrClN2O4/c1-2-9-28-17-8-5-14(22)10-12(17)11-16-18(25)23-20(27)24(19(16)26)15-6-3-13(21)4-7-15/h1,3-8,10-11H,9H2,(H,23,25,27)/b16-11+. The number of amides is 4. The molecule has 8 heteroatoms. The number of ether oxygens (including phenoxy) is 1. The molecule has 0 saturated carbocycles. The lowest BCUT2D eigenvalue weighted by Gasteiger charge is -2.26. The lowest BCUT2D eigenvalue weighted by atomic mass is 10.1. The maximum absolute atomic E-state index is 12.9. The van der Waals surface area contributed by atoms with Gasteiger partial charge in [-0.1, -0.05) is 33.5 Å². The monoisotopic (exact) mass is 458 g/mol. The molecule has 140 valence electrons. The molecule has 0 atom stereocenters. The zero-order chi connectivity index (χ0) is 20.3. The molecule has 4 amide bonds. The van der Waals surface area contributed by atoms with Gasteiger partial charge in [0.2, 0.25) is 0 Å². The predicted molar refractivity (Wildman–Crippen MR) is 109 cm³/mol. The van der Waals surface area contributed by atoms with Gasteiger partial charge in [-0.05, 0) is 48.5 Å². The Kier molecular flexibility index (Phi) is 5.83. The highest BCUT2D eigenvalue weighted by atomic mass is 79.9. The minimum atomic E-state index is -0.829. The van der Waals surface area contributed by atoms with Gasteiger partial charge in [0.05, 0.1) is 5.69 Å². The number of nitrogens with one attached hydrogen (secondary N) is 1. The Hall–Kier alpha value is -3.08. The van der Waals surface area contributed by atoms with E-state index in [0.29, 0.717) is 22.0 Å². The number of carbonyl (C=O) groups excluding carboxylic acids is 3. The lowest BCUT2D eigenvalue weighted by Crippen LogP contribution is -2.54. The van der Waals surface area contributed by atoms with Gasteiger partial charge in [0.15, 0.2) is 0 Å². The smallest absolute Gasteiger partial charge is 0.335 e. The van der Waals surface area contributed by atoms with Crippen LogP contribution in [0.5, 0.6) is 5.75 Å². The van der Waals surface area contributed by atoms with Crippen molar-refractivity contribution in [1.29, 1.82) is 0 Å². The van der Waals surface area contributed by atoms with Crippen molar-refractivity contribution in [3.63, 3.8) is 0 Å². The highest BCUT2D eigenvalue weighted by Crippen LogP contribution is 2.28. The number of urea groups is 1. The molecule has 1 N–H and O–H groups in total. The molecular formula is C20H12BrClN2O4. The van der Waals surface area contributed by atoms with Gasteiger partial charge in [-0.3, -0.25) is 14.9 Å². The molecule has 0 spiro atoms. The van der Waals surface area contributed by atoms with Gasteiger partial charge in [-0.25, -0.2) is 9.69 Å². The van der Waals surface area contributed by atoms with E-state index in [0.717, 1.165) is 9.37 Å². The second-order valence-electron chi connectivity index (χ2n) is 5.61. The summed E-state index contributed by atoms with van der Waals surface area (Å²) in [6, 6.07) is 10.4. The molecule has 6 nitrogen and oxygen atoms in total. The number of imide groups is 2. The van der Waals surface area contributed by atoms with Crippen molar-refractivity contribution in [2.24, 2.45) is 0 Å². The summed E-state index contributed by atoms with van der Waals surface area (Å²) in [6.45, 7) is 0.00144. The SMILES string of the molecule is C#CCOc1ccc(Cl)cc1/C=C1\C(=O)NC(=O)N(c2ccc(Br)cc2)C1=O. The molecule has 1 heterocycles. The average molecular weight is 460 g/mol. The van der Waals surface area contributed by atoms with Crippen molar-refractivity contribution in [2.75, 3.05) is 11.5 Å². The van der Waals surface area contributed by atoms with Crippen molar-refractivity contribution < 1.29 is 19.1 Å². The van der Waals surface area contributed by atoms with E-state index in [1.54, 1.807) is 36.4 Å². The number of carbonyl (C=O) groups is 3. The van der Waals surface area contributed by atoms with Gasteiger partial charge in [0.1, 0.15) is 17.9 Å². The Labute approximate surface area is 174 Å². The van der Waals surface area contributed by atoms with Gasteiger partial charge in [0.25, 0.3) is 11.8 Å². The summed E-state index contributed by atoms with van der Waals surface area (Å²) in [4.78, 5) is 38.3. The van der Waals surface area contributed by atoms with E-state index in [2.05, 4.69) is 27.2 Å². The second-order valence-corrected chi connectivity index (χ2v) is 6.96. The van der Waals surface area contributed by atoms with Crippen LogP contribution in [0.15, 0.2) is 52.5 Å². The molecule has 0 radical (unpaired) electrons. The highest BCUT2D eigenvalue weighted by molar-refractivity contribution is 9.10. The quantitative estimate of drug-likeness (QED) is 0.429. The lowest BCUT2D eigenvalue weighted by molar-refractivity contribution is -0.122. The average Bonchev–Trinajstić information content (AvgIpc) is 2.66. The first kappa shape index (κ1) is 19.7. The fourth-order valence-corrected chi connectivity index (χ4v) is 2.97. The summed E-state index contributed by atoms with van der Waals surface area (Å²) >= 11 is 9.32. The maximum Gasteiger partial charge on any atom is 0.335 e. The number of hydrogen-bond donors (Lipinski definition) is 1. The van der Waals surface area contributed by atoms with Crippen molar-refractivity contribution in [3.8, 4) is 18.1 Å². The van der Waals surface area contributed by atoms with E-state index in [-0.39, 0.29) is 12.2 Å². The van der Waals surface area contributed by atoms with Crippen LogP contribution in [0.1, 0.15) is 5.56 Å². The molecular weight excluding hydrogens is 448 g/mol. The number of terminal acetylenes is 1. The number of rotatable bonds is 4. The number of anilines is 1. The van der Waals surface area contributed by atoms with Gasteiger partial charge >= 0.3 is 6.03 Å². The number of barbiturate groups is 1. The van der Waals surface area contributed by atoms with Gasteiger partial charge in [0, 0.05) is 15.1 Å². The first-order valence-corrected chi connectivity index (χ1v) is 9.10. The highest BCUT2D eigenvalue weighted by Gasteiger charge is 2.36. The minimum Gasteiger partial charge on any atom is -0.480 e. The van der Waals surface area contributed by atoms with E-state index in [4.69, 9.17) is 22.8 Å². The summed E-state index contributed by atoms with van der Waals surface area (Å²) in [5.74, 6) is 1.11. The van der Waals surface area contributed by atoms with Crippen LogP contribution in [0.3, 0.4) is 0 Å². The zero-order valence-corrected chi connectivity index (χ0v) is 16.6. The fourth-order valence-electron chi connectivity index (χ4n) is 2.52. The largest absolute Gasteiger partial charge is 0.480 e. The third-order valence-electron chi connectivity index (χ3n) is 3.77. The van der Waals surface area contributed by atoms with E-state index in [1.165, 1.54) is 12.1 Å². The first-order chi connectivity index (χ1) is 13.4. The summed E-state index contributed by atoms with van der Waals surface area (Å²) < 4.78 is 6.21. The molecule has 0 aromatic heterocycles. The number of benzene rings is 2. The molecule has 28 heavy (non-hydrogen) atoms. The van der Waals surface area contributed by atoms with Crippen LogP contribution in [-0.2, 0) is 9.59 Å². The summed E-state index contributed by atoms with van der Waals surface area (Å²) in [7, 11) is 0. The van der Waals surface area contributed by atoms with Crippen LogP contribution < -0.4 is 15.0 Å². The van der Waals surface area contributed by atoms with E-state index < -0.39 is 17.8 Å². The van der Waals surface area contributed by atoms with Gasteiger partial charge < -0.3 is 4.74 Å². The third-order valence-corrected chi connectivity index (χ3v) is 4.53. The Morgan fingerprint density at radius 3 is 2.57 bits per heavy atom. The van der Waals surface area contributed by atoms with E-state index in [9.17, 15) is 14.4 Å². The van der Waals surface area contributed by atoms with Gasteiger partial charge in [-0.2, -0.15) is 0 Å². The molecule has 0 unspecified atom stereocenters. The maximum atomic E-state index is 12.9. The predicted octanol–water partition coefficient (Wildman–Crippen LogP) is 3.78. The van der Waals surface area contributed by atoms with Gasteiger partial charge in [-0.15, -0.1) is 6.42 Å². The molecule has 1 aliphatic heterocycles. The molecule has 3 rings (SSSR count). The van der Waals surface area contributed by atoms with Crippen molar-refractivity contribution >= 4 is 57.1 Å². The van der Waals surface area contributed by atoms with Crippen LogP contribution in [0, 0.1) is 12.3 Å². The Morgan fingerprint density at radius 1 is 1.18 bits per heavy atom. The second kappa shape index (κ2) is 8.30. The van der Waals surface area contributed by atoms with E-state index >= 15 is 0 Å². The Balaban J connectivity index is 2.03. The van der Waals surface area contributed by atoms with E-state index in [1.807, 2.05) is 0 Å². The number of hydrogen-bond acceptors (Lipinski definition) is 4. The van der Waals surface area contributed by atoms with Crippen LogP contribution in [-0.4, -0.2) is 24.5 Å². The molecule has 0 bridgehead atoms. The molecule has 1 aliphatic rings. The molecule has 0 aliphatic carbocycles. The molecule has 1 fully saturated rings. The number of halogens is 2. The molecule has 2 aromatic carbocycles. The Morgan fingerprint density at radius 2 is 1.89 bits per heavy atom. The summed E-state index contributed by atoms with van der Waals surface area (Å²) in [5, 5.41) is 2.54. The van der Waals surface area contributed by atoms with Crippen LogP contribution in [0.25, 0.3) is 6.08 Å². The Bertz CT molecular complexity index is 1040.